The van der Waals surface area contributed by atoms with E-state index in [0.717, 1.165) is 56.4 Å². The van der Waals surface area contributed by atoms with Crippen molar-refractivity contribution < 1.29 is 4.79 Å². The van der Waals surface area contributed by atoms with Crippen molar-refractivity contribution >= 4 is 30.1 Å². The number of fused-ring (bicyclic) bond motifs is 1. The molecule has 0 saturated carbocycles. The van der Waals surface area contributed by atoms with Crippen LogP contribution in [0.15, 0.2) is 29.2 Å². The van der Waals surface area contributed by atoms with E-state index < -0.39 is 0 Å². The van der Waals surface area contributed by atoms with Gasteiger partial charge >= 0.3 is 0 Å². The van der Waals surface area contributed by atoms with Crippen LogP contribution in [-0.4, -0.2) is 43.2 Å². The molecule has 116 valence electrons. The highest BCUT2D eigenvalue weighted by molar-refractivity contribution is 7.98. The lowest BCUT2D eigenvalue weighted by molar-refractivity contribution is 0.0758. The van der Waals surface area contributed by atoms with Gasteiger partial charge in [-0.2, -0.15) is 0 Å². The molecular formula is C16H23ClN2OS. The minimum Gasteiger partial charge on any atom is -0.339 e. The molecule has 2 fully saturated rings. The average Bonchev–Trinajstić information content (AvgIpc) is 2.85. The lowest BCUT2D eigenvalue weighted by Gasteiger charge is -2.21. The van der Waals surface area contributed by atoms with Gasteiger partial charge in [-0.15, -0.1) is 24.2 Å². The molecule has 0 radical (unpaired) electrons. The van der Waals surface area contributed by atoms with Gasteiger partial charge < -0.3 is 10.2 Å². The Bertz CT molecular complexity index is 466. The molecule has 0 bridgehead atoms. The number of thioether (sulfide) groups is 1. The number of rotatable bonds is 2. The predicted molar refractivity (Wildman–Crippen MR) is 90.5 cm³/mol. The Morgan fingerprint density at radius 1 is 1.14 bits per heavy atom. The number of hydrogen-bond acceptors (Lipinski definition) is 3. The summed E-state index contributed by atoms with van der Waals surface area (Å²) >= 11 is 1.71. The molecule has 2 heterocycles. The van der Waals surface area contributed by atoms with Gasteiger partial charge in [-0.3, -0.25) is 4.79 Å². The second kappa shape index (κ2) is 7.52. The number of nitrogens with zero attached hydrogens (tertiary/aromatic N) is 1. The number of nitrogens with one attached hydrogen (secondary N) is 1. The first-order valence-electron chi connectivity index (χ1n) is 7.42. The van der Waals surface area contributed by atoms with Crippen LogP contribution in [0.25, 0.3) is 0 Å². The van der Waals surface area contributed by atoms with Crippen molar-refractivity contribution in [2.24, 2.45) is 11.8 Å². The third kappa shape index (κ3) is 3.74. The zero-order valence-electron chi connectivity index (χ0n) is 12.4. The number of carbonyl (C=O) groups is 1. The van der Waals surface area contributed by atoms with Crippen molar-refractivity contribution in [3.63, 3.8) is 0 Å². The molecule has 1 N–H and O–H groups in total. The van der Waals surface area contributed by atoms with Gasteiger partial charge in [-0.25, -0.2) is 0 Å². The average molecular weight is 327 g/mol. The van der Waals surface area contributed by atoms with Crippen LogP contribution >= 0.6 is 24.2 Å². The SMILES string of the molecule is CSc1ccc(C(=O)N2CC[C@@H]3CNC[C@@H]3CC2)cc1.Cl. The van der Waals surface area contributed by atoms with Crippen LogP contribution in [0, 0.1) is 11.8 Å². The first kappa shape index (κ1) is 16.7. The summed E-state index contributed by atoms with van der Waals surface area (Å²) in [7, 11) is 0. The highest BCUT2D eigenvalue weighted by Gasteiger charge is 2.31. The van der Waals surface area contributed by atoms with Gasteiger partial charge in [0.25, 0.3) is 5.91 Å². The highest BCUT2D eigenvalue weighted by Crippen LogP contribution is 2.27. The zero-order valence-corrected chi connectivity index (χ0v) is 14.0. The Morgan fingerprint density at radius 2 is 1.71 bits per heavy atom. The minimum atomic E-state index is 0. The third-order valence-corrected chi connectivity index (χ3v) is 5.39. The molecule has 3 rings (SSSR count). The zero-order chi connectivity index (χ0) is 13.9. The van der Waals surface area contributed by atoms with E-state index in [1.807, 2.05) is 29.2 Å². The molecule has 0 aromatic heterocycles. The van der Waals surface area contributed by atoms with Crippen LogP contribution in [-0.2, 0) is 0 Å². The molecule has 0 aliphatic carbocycles. The first-order valence-corrected chi connectivity index (χ1v) is 8.64. The molecule has 1 aromatic rings. The standard InChI is InChI=1S/C16H22N2OS.ClH/c1-20-15-4-2-12(3-5-15)16(19)18-8-6-13-10-17-11-14(13)7-9-18;/h2-5,13-14,17H,6-11H2,1H3;1H/t13-,14+;. The third-order valence-electron chi connectivity index (χ3n) is 4.64. The fraction of sp³-hybridized carbons (Fsp3) is 0.562. The predicted octanol–water partition coefficient (Wildman–Crippen LogP) is 2.90. The van der Waals surface area contributed by atoms with E-state index in [-0.39, 0.29) is 18.3 Å². The summed E-state index contributed by atoms with van der Waals surface area (Å²) in [6.45, 7) is 4.09. The van der Waals surface area contributed by atoms with Crippen LogP contribution in [0.5, 0.6) is 0 Å². The molecule has 2 aliphatic heterocycles. The van der Waals surface area contributed by atoms with E-state index in [9.17, 15) is 4.79 Å². The summed E-state index contributed by atoms with van der Waals surface area (Å²) in [5.74, 6) is 1.74. The Balaban J connectivity index is 0.00000161. The van der Waals surface area contributed by atoms with Crippen LogP contribution in [0.2, 0.25) is 0 Å². The van der Waals surface area contributed by atoms with Gasteiger partial charge in [0.2, 0.25) is 0 Å². The number of amides is 1. The summed E-state index contributed by atoms with van der Waals surface area (Å²) in [5, 5.41) is 3.47. The van der Waals surface area contributed by atoms with Crippen LogP contribution < -0.4 is 5.32 Å². The maximum Gasteiger partial charge on any atom is 0.253 e. The highest BCUT2D eigenvalue weighted by atomic mass is 35.5. The summed E-state index contributed by atoms with van der Waals surface area (Å²) in [6.07, 6.45) is 4.34. The summed E-state index contributed by atoms with van der Waals surface area (Å²) in [6, 6.07) is 7.99. The fourth-order valence-electron chi connectivity index (χ4n) is 3.34. The fourth-order valence-corrected chi connectivity index (χ4v) is 3.75. The lowest BCUT2D eigenvalue weighted by Crippen LogP contribution is -2.32. The molecule has 21 heavy (non-hydrogen) atoms. The second-order valence-electron chi connectivity index (χ2n) is 5.78. The van der Waals surface area contributed by atoms with E-state index in [2.05, 4.69) is 11.6 Å². The molecule has 5 heteroatoms. The molecule has 1 aromatic carbocycles. The molecule has 0 unspecified atom stereocenters. The molecule has 2 atom stereocenters. The molecular weight excluding hydrogens is 304 g/mol. The Morgan fingerprint density at radius 3 is 2.24 bits per heavy atom. The monoisotopic (exact) mass is 326 g/mol. The number of benzene rings is 1. The molecule has 0 spiro atoms. The second-order valence-corrected chi connectivity index (χ2v) is 6.66. The van der Waals surface area contributed by atoms with Gasteiger partial charge in [-0.1, -0.05) is 0 Å². The van der Waals surface area contributed by atoms with Crippen molar-refractivity contribution in [1.29, 1.82) is 0 Å². The van der Waals surface area contributed by atoms with Crippen LogP contribution in [0.4, 0.5) is 0 Å². The van der Waals surface area contributed by atoms with E-state index in [1.54, 1.807) is 11.8 Å². The largest absolute Gasteiger partial charge is 0.339 e. The smallest absolute Gasteiger partial charge is 0.253 e. The van der Waals surface area contributed by atoms with Crippen LogP contribution in [0.3, 0.4) is 0 Å². The number of hydrogen-bond donors (Lipinski definition) is 1. The maximum absolute atomic E-state index is 12.6. The normalized spacial score (nSPS) is 24.9. The Kier molecular flexibility index (Phi) is 5.97. The lowest BCUT2D eigenvalue weighted by atomic mass is 9.92. The Hall–Kier alpha value is -0.710. The van der Waals surface area contributed by atoms with Gasteiger partial charge in [0, 0.05) is 23.5 Å². The van der Waals surface area contributed by atoms with E-state index >= 15 is 0 Å². The van der Waals surface area contributed by atoms with Crippen molar-refractivity contribution in [3.8, 4) is 0 Å². The van der Waals surface area contributed by atoms with Gasteiger partial charge in [0.15, 0.2) is 0 Å². The van der Waals surface area contributed by atoms with E-state index in [4.69, 9.17) is 0 Å². The van der Waals surface area contributed by atoms with Crippen molar-refractivity contribution in [2.45, 2.75) is 17.7 Å². The molecule has 3 nitrogen and oxygen atoms in total. The number of likely N-dealkylation sites (tertiary alicyclic amines) is 1. The quantitative estimate of drug-likeness (QED) is 0.848. The maximum atomic E-state index is 12.6. The number of carbonyl (C=O) groups excluding carboxylic acids is 1. The van der Waals surface area contributed by atoms with E-state index in [1.165, 1.54) is 4.90 Å². The van der Waals surface area contributed by atoms with E-state index in [0.29, 0.717) is 0 Å². The van der Waals surface area contributed by atoms with Gasteiger partial charge in [0.1, 0.15) is 0 Å². The van der Waals surface area contributed by atoms with Gasteiger partial charge in [0.05, 0.1) is 0 Å². The summed E-state index contributed by atoms with van der Waals surface area (Å²) < 4.78 is 0. The van der Waals surface area contributed by atoms with Crippen molar-refractivity contribution in [2.75, 3.05) is 32.4 Å². The summed E-state index contributed by atoms with van der Waals surface area (Å²) in [4.78, 5) is 15.8. The topological polar surface area (TPSA) is 32.3 Å². The van der Waals surface area contributed by atoms with Crippen molar-refractivity contribution in [1.82, 2.24) is 10.2 Å². The van der Waals surface area contributed by atoms with Crippen molar-refractivity contribution in [3.05, 3.63) is 29.8 Å². The summed E-state index contributed by atoms with van der Waals surface area (Å²) in [5.41, 5.74) is 0.827. The number of halogens is 1. The molecule has 2 aliphatic rings. The van der Waals surface area contributed by atoms with Gasteiger partial charge in [-0.05, 0) is 68.3 Å². The van der Waals surface area contributed by atoms with Crippen LogP contribution in [0.1, 0.15) is 23.2 Å². The molecule has 1 amide bonds. The minimum absolute atomic E-state index is 0. The molecule has 2 saturated heterocycles. The first-order chi connectivity index (χ1) is 9.78. The Labute approximate surface area is 137 Å².